The molecular weight excluding hydrogens is 487 g/mol. The number of aromatic nitrogens is 3. The van der Waals surface area contributed by atoms with Gasteiger partial charge < -0.3 is 9.84 Å². The molecule has 0 saturated carbocycles. The third kappa shape index (κ3) is 4.07. The molecule has 4 aromatic rings. The SMILES string of the molecule is CNC(=O)c1c(-c2c(F)cccc2Cl)noc1-c1cnn(-c2cccc(Cl)c2)c1C(F)(F)F. The first-order valence-corrected chi connectivity index (χ1v) is 9.96. The maximum absolute atomic E-state index is 14.5. The summed E-state index contributed by atoms with van der Waals surface area (Å²) in [6.07, 6.45) is -4.04. The summed E-state index contributed by atoms with van der Waals surface area (Å²) in [7, 11) is 1.26. The zero-order valence-corrected chi connectivity index (χ0v) is 18.1. The van der Waals surface area contributed by atoms with E-state index in [1.807, 2.05) is 0 Å². The van der Waals surface area contributed by atoms with Gasteiger partial charge >= 0.3 is 6.18 Å². The summed E-state index contributed by atoms with van der Waals surface area (Å²) in [4.78, 5) is 12.7. The molecular formula is C21H12Cl2F4N4O2. The van der Waals surface area contributed by atoms with Crippen molar-refractivity contribution in [3.05, 3.63) is 75.8 Å². The zero-order chi connectivity index (χ0) is 23.9. The van der Waals surface area contributed by atoms with Crippen molar-refractivity contribution in [2.45, 2.75) is 6.18 Å². The van der Waals surface area contributed by atoms with Crippen LogP contribution in [0.4, 0.5) is 17.6 Å². The van der Waals surface area contributed by atoms with Crippen LogP contribution in [0.3, 0.4) is 0 Å². The minimum Gasteiger partial charge on any atom is -0.355 e. The topological polar surface area (TPSA) is 73.0 Å². The van der Waals surface area contributed by atoms with E-state index in [1.54, 1.807) is 0 Å². The van der Waals surface area contributed by atoms with Crippen molar-refractivity contribution in [3.8, 4) is 28.3 Å². The molecule has 0 fully saturated rings. The second kappa shape index (κ2) is 8.53. The summed E-state index contributed by atoms with van der Waals surface area (Å²) in [5.74, 6) is -2.24. The average molecular weight is 499 g/mol. The normalized spacial score (nSPS) is 11.6. The number of nitrogens with zero attached hydrogens (tertiary/aromatic N) is 3. The highest BCUT2D eigenvalue weighted by molar-refractivity contribution is 6.33. The molecule has 0 unspecified atom stereocenters. The van der Waals surface area contributed by atoms with Gasteiger partial charge in [0.2, 0.25) is 0 Å². The van der Waals surface area contributed by atoms with E-state index in [0.29, 0.717) is 4.68 Å². The molecule has 6 nitrogen and oxygen atoms in total. The number of carbonyl (C=O) groups excluding carboxylic acids is 1. The van der Waals surface area contributed by atoms with Crippen molar-refractivity contribution in [1.29, 1.82) is 0 Å². The van der Waals surface area contributed by atoms with E-state index in [-0.39, 0.29) is 27.0 Å². The van der Waals surface area contributed by atoms with Gasteiger partial charge in [0.05, 0.1) is 28.0 Å². The molecule has 0 spiro atoms. The second-order valence-corrected chi connectivity index (χ2v) is 7.55. The highest BCUT2D eigenvalue weighted by atomic mass is 35.5. The van der Waals surface area contributed by atoms with Crippen molar-refractivity contribution >= 4 is 29.1 Å². The Balaban J connectivity index is 2.01. The van der Waals surface area contributed by atoms with Gasteiger partial charge in [-0.2, -0.15) is 18.3 Å². The van der Waals surface area contributed by atoms with E-state index in [1.165, 1.54) is 43.4 Å². The van der Waals surface area contributed by atoms with Gasteiger partial charge in [-0.1, -0.05) is 40.5 Å². The van der Waals surface area contributed by atoms with Gasteiger partial charge in [-0.25, -0.2) is 9.07 Å². The summed E-state index contributed by atoms with van der Waals surface area (Å²) >= 11 is 12.0. The summed E-state index contributed by atoms with van der Waals surface area (Å²) in [6.45, 7) is 0. The highest BCUT2D eigenvalue weighted by Crippen LogP contribution is 2.43. The molecule has 0 radical (unpaired) electrons. The molecule has 0 bridgehead atoms. The van der Waals surface area contributed by atoms with Crippen LogP contribution in [0.25, 0.3) is 28.3 Å². The van der Waals surface area contributed by atoms with Crippen LogP contribution in [0.15, 0.2) is 53.2 Å². The summed E-state index contributed by atoms with van der Waals surface area (Å²) in [6, 6.07) is 9.37. The van der Waals surface area contributed by atoms with Crippen LogP contribution in [0.5, 0.6) is 0 Å². The first-order valence-electron chi connectivity index (χ1n) is 9.21. The molecule has 0 aliphatic rings. The van der Waals surface area contributed by atoms with Gasteiger partial charge in [-0.15, -0.1) is 0 Å². The Bertz CT molecular complexity index is 1340. The first kappa shape index (κ1) is 22.8. The smallest absolute Gasteiger partial charge is 0.355 e. The Hall–Kier alpha value is -3.37. The Labute approximate surface area is 193 Å². The molecule has 2 heterocycles. The van der Waals surface area contributed by atoms with Crippen molar-refractivity contribution < 1.29 is 26.9 Å². The molecule has 1 amide bonds. The van der Waals surface area contributed by atoms with Crippen molar-refractivity contribution in [1.82, 2.24) is 20.3 Å². The van der Waals surface area contributed by atoms with E-state index < -0.39 is 40.5 Å². The van der Waals surface area contributed by atoms with Gasteiger partial charge in [-0.05, 0) is 30.3 Å². The molecule has 2 aromatic heterocycles. The third-order valence-corrected chi connectivity index (χ3v) is 5.23. The lowest BCUT2D eigenvalue weighted by atomic mass is 10.0. The van der Waals surface area contributed by atoms with Crippen LogP contribution in [-0.4, -0.2) is 27.9 Å². The molecule has 0 saturated heterocycles. The minimum absolute atomic E-state index is 0.0273. The Kier molecular flexibility index (Phi) is 5.89. The Morgan fingerprint density at radius 3 is 2.52 bits per heavy atom. The number of alkyl halides is 3. The lowest BCUT2D eigenvalue weighted by Gasteiger charge is -2.12. The molecule has 0 atom stereocenters. The fourth-order valence-electron chi connectivity index (χ4n) is 3.30. The summed E-state index contributed by atoms with van der Waals surface area (Å²) in [5.41, 5.74) is -2.86. The monoisotopic (exact) mass is 498 g/mol. The number of amides is 1. The van der Waals surface area contributed by atoms with E-state index in [9.17, 15) is 22.4 Å². The zero-order valence-electron chi connectivity index (χ0n) is 16.5. The lowest BCUT2D eigenvalue weighted by molar-refractivity contribution is -0.142. The third-order valence-electron chi connectivity index (χ3n) is 4.68. The minimum atomic E-state index is -4.92. The number of benzene rings is 2. The van der Waals surface area contributed by atoms with Crippen LogP contribution < -0.4 is 5.32 Å². The fraction of sp³-hybridized carbons (Fsp3) is 0.0952. The molecule has 1 N–H and O–H groups in total. The van der Waals surface area contributed by atoms with Gasteiger partial charge in [0.15, 0.2) is 11.5 Å². The number of carbonyl (C=O) groups is 1. The number of nitrogens with one attached hydrogen (secondary N) is 1. The number of hydrogen-bond acceptors (Lipinski definition) is 4. The maximum Gasteiger partial charge on any atom is 0.434 e. The van der Waals surface area contributed by atoms with E-state index >= 15 is 0 Å². The van der Waals surface area contributed by atoms with Gasteiger partial charge in [0, 0.05) is 12.1 Å². The van der Waals surface area contributed by atoms with Crippen LogP contribution >= 0.6 is 23.2 Å². The van der Waals surface area contributed by atoms with Crippen molar-refractivity contribution in [2.75, 3.05) is 7.05 Å². The quantitative estimate of drug-likeness (QED) is 0.349. The summed E-state index contributed by atoms with van der Waals surface area (Å²) < 4.78 is 62.7. The fourth-order valence-corrected chi connectivity index (χ4v) is 3.73. The predicted octanol–water partition coefficient (Wildman–Crippen LogP) is 6.02. The molecule has 12 heteroatoms. The van der Waals surface area contributed by atoms with Gasteiger partial charge in [-0.3, -0.25) is 4.79 Å². The molecule has 0 aliphatic carbocycles. The van der Waals surface area contributed by atoms with Crippen LogP contribution in [0, 0.1) is 5.82 Å². The summed E-state index contributed by atoms with van der Waals surface area (Å²) in [5, 5.41) is 9.91. The predicted molar refractivity (Wildman–Crippen MR) is 113 cm³/mol. The highest BCUT2D eigenvalue weighted by Gasteiger charge is 2.42. The Morgan fingerprint density at radius 1 is 1.15 bits per heavy atom. The first-order chi connectivity index (χ1) is 15.6. The standard InChI is InChI=1S/C21H12Cl2F4N4O2/c1-28-20(32)16-17(15-13(23)6-3-7-14(15)24)30-33-18(16)12-9-29-31(19(12)21(25,26)27)11-5-2-4-10(22)8-11/h2-9H,1H3,(H,28,32). The largest absolute Gasteiger partial charge is 0.434 e. The maximum atomic E-state index is 14.5. The van der Waals surface area contributed by atoms with Crippen LogP contribution in [0.2, 0.25) is 10.0 Å². The van der Waals surface area contributed by atoms with Crippen molar-refractivity contribution in [3.63, 3.8) is 0 Å². The van der Waals surface area contributed by atoms with E-state index in [0.717, 1.165) is 12.3 Å². The molecule has 170 valence electrons. The van der Waals surface area contributed by atoms with E-state index in [4.69, 9.17) is 27.7 Å². The average Bonchev–Trinajstić information content (AvgIpc) is 3.37. The van der Waals surface area contributed by atoms with Crippen LogP contribution in [0.1, 0.15) is 16.1 Å². The van der Waals surface area contributed by atoms with Crippen LogP contribution in [-0.2, 0) is 6.18 Å². The Morgan fingerprint density at radius 2 is 1.88 bits per heavy atom. The van der Waals surface area contributed by atoms with E-state index in [2.05, 4.69) is 15.6 Å². The molecule has 2 aromatic carbocycles. The van der Waals surface area contributed by atoms with Gasteiger partial charge in [0.25, 0.3) is 5.91 Å². The van der Waals surface area contributed by atoms with Gasteiger partial charge in [0.1, 0.15) is 17.1 Å². The number of hydrogen-bond donors (Lipinski definition) is 1. The lowest BCUT2D eigenvalue weighted by Crippen LogP contribution is -2.20. The number of rotatable bonds is 4. The second-order valence-electron chi connectivity index (χ2n) is 6.71. The molecule has 33 heavy (non-hydrogen) atoms. The molecule has 4 rings (SSSR count). The van der Waals surface area contributed by atoms with Crippen molar-refractivity contribution in [2.24, 2.45) is 0 Å². The molecule has 0 aliphatic heterocycles. The number of halogens is 6.